The van der Waals surface area contributed by atoms with Crippen molar-refractivity contribution < 1.29 is 9.47 Å². The van der Waals surface area contributed by atoms with Gasteiger partial charge in [-0.2, -0.15) is 5.26 Å². The lowest BCUT2D eigenvalue weighted by Gasteiger charge is -2.26. The molecule has 1 aliphatic heterocycles. The first-order valence-electron chi connectivity index (χ1n) is 7.48. The molecule has 0 radical (unpaired) electrons. The highest BCUT2D eigenvalue weighted by molar-refractivity contribution is 6.42. The van der Waals surface area contributed by atoms with Crippen LogP contribution in [0.1, 0.15) is 17.2 Å². The summed E-state index contributed by atoms with van der Waals surface area (Å²) in [5.41, 5.74) is 1.25. The topological polar surface area (TPSA) is 67.2 Å². The number of pyridine rings is 1. The molecule has 0 amide bonds. The van der Waals surface area contributed by atoms with E-state index in [-0.39, 0.29) is 12.2 Å². The lowest BCUT2D eigenvalue weighted by molar-refractivity contribution is -0.0101. The summed E-state index contributed by atoms with van der Waals surface area (Å²) in [7, 11) is 0. The van der Waals surface area contributed by atoms with E-state index in [2.05, 4.69) is 16.4 Å². The van der Waals surface area contributed by atoms with Crippen LogP contribution in [0, 0.1) is 11.3 Å². The minimum Gasteiger partial charge on any atom is -0.469 e. The number of rotatable bonds is 3. The summed E-state index contributed by atoms with van der Waals surface area (Å²) in [6.45, 7) is 1.81. The maximum absolute atomic E-state index is 9.20. The van der Waals surface area contributed by atoms with Gasteiger partial charge in [0.05, 0.1) is 16.7 Å². The molecule has 124 valence electrons. The second kappa shape index (κ2) is 7.82. The van der Waals surface area contributed by atoms with Crippen molar-refractivity contribution in [3.8, 4) is 11.9 Å². The summed E-state index contributed by atoms with van der Waals surface area (Å²) in [6.07, 6.45) is 0.894. The summed E-state index contributed by atoms with van der Waals surface area (Å²) in [6, 6.07) is 10.8. The number of ether oxygens (including phenoxy) is 2. The van der Waals surface area contributed by atoms with Gasteiger partial charge in [0.1, 0.15) is 23.8 Å². The van der Waals surface area contributed by atoms with Crippen LogP contribution in [0.5, 0.6) is 5.88 Å². The van der Waals surface area contributed by atoms with Crippen LogP contribution in [0.3, 0.4) is 0 Å². The first kappa shape index (κ1) is 17.0. The largest absolute Gasteiger partial charge is 0.469 e. The average Bonchev–Trinajstić information content (AvgIpc) is 2.83. The molecule has 3 rings (SSSR count). The van der Waals surface area contributed by atoms with Gasteiger partial charge in [0.15, 0.2) is 0 Å². The fourth-order valence-corrected chi connectivity index (χ4v) is 2.84. The molecule has 2 heterocycles. The van der Waals surface area contributed by atoms with Crippen LogP contribution in [0.25, 0.3) is 0 Å². The van der Waals surface area contributed by atoms with Gasteiger partial charge < -0.3 is 14.8 Å². The van der Waals surface area contributed by atoms with Gasteiger partial charge in [-0.05, 0) is 29.8 Å². The summed E-state index contributed by atoms with van der Waals surface area (Å²) in [5.74, 6) is 0.294. The Hall–Kier alpha value is -1.84. The highest BCUT2D eigenvalue weighted by Gasteiger charge is 2.29. The first-order chi connectivity index (χ1) is 11.7. The van der Waals surface area contributed by atoms with E-state index in [1.807, 2.05) is 6.07 Å². The van der Waals surface area contributed by atoms with Gasteiger partial charge in [-0.3, -0.25) is 0 Å². The Bertz CT molecular complexity index is 764. The fraction of sp³-hybridized carbons (Fsp3) is 0.294. The van der Waals surface area contributed by atoms with Gasteiger partial charge in [-0.1, -0.05) is 29.3 Å². The van der Waals surface area contributed by atoms with E-state index < -0.39 is 0 Å². The Morgan fingerprint density at radius 2 is 2.17 bits per heavy atom. The maximum atomic E-state index is 9.20. The normalized spacial score (nSPS) is 20.9. The molecule has 1 aliphatic rings. The summed E-state index contributed by atoms with van der Waals surface area (Å²) >= 11 is 12.1. The van der Waals surface area contributed by atoms with Crippen LogP contribution in [-0.4, -0.2) is 30.8 Å². The highest BCUT2D eigenvalue weighted by atomic mass is 35.5. The van der Waals surface area contributed by atoms with Gasteiger partial charge in [0.25, 0.3) is 0 Å². The van der Waals surface area contributed by atoms with Gasteiger partial charge in [0, 0.05) is 19.3 Å². The van der Waals surface area contributed by atoms with E-state index in [4.69, 9.17) is 32.7 Å². The fourth-order valence-electron chi connectivity index (χ4n) is 2.53. The van der Waals surface area contributed by atoms with Crippen LogP contribution in [0.2, 0.25) is 10.0 Å². The molecule has 7 heteroatoms. The number of nitrogens with zero attached hydrogens (tertiary/aromatic N) is 2. The van der Waals surface area contributed by atoms with Gasteiger partial charge >= 0.3 is 0 Å². The minimum absolute atomic E-state index is 0.294. The Kier molecular flexibility index (Phi) is 5.54. The van der Waals surface area contributed by atoms with Crippen molar-refractivity contribution in [2.24, 2.45) is 0 Å². The second-order valence-electron chi connectivity index (χ2n) is 5.29. The monoisotopic (exact) mass is 363 g/mol. The third kappa shape index (κ3) is 3.80. The Labute approximate surface area is 150 Å². The summed E-state index contributed by atoms with van der Waals surface area (Å²) in [4.78, 5) is 4.16. The molecule has 24 heavy (non-hydrogen) atoms. The Morgan fingerprint density at radius 3 is 2.96 bits per heavy atom. The predicted octanol–water partition coefficient (Wildman–Crippen LogP) is 3.37. The van der Waals surface area contributed by atoms with Crippen LogP contribution in [0.15, 0.2) is 36.5 Å². The third-order valence-corrected chi connectivity index (χ3v) is 4.43. The smallest absolute Gasteiger partial charge is 0.232 e. The zero-order valence-electron chi connectivity index (χ0n) is 12.7. The summed E-state index contributed by atoms with van der Waals surface area (Å²) in [5, 5.41) is 13.4. The van der Waals surface area contributed by atoms with Crippen LogP contribution >= 0.6 is 23.2 Å². The number of halogens is 2. The molecule has 0 bridgehead atoms. The molecule has 0 spiro atoms. The predicted molar refractivity (Wildman–Crippen MR) is 91.4 cm³/mol. The molecule has 0 saturated carbocycles. The molecule has 5 nitrogen and oxygen atoms in total. The van der Waals surface area contributed by atoms with E-state index >= 15 is 0 Å². The lowest BCUT2D eigenvalue weighted by atomic mass is 10.0. The molecular weight excluding hydrogens is 349 g/mol. The molecular formula is C17H15Cl2N3O2. The van der Waals surface area contributed by atoms with Crippen molar-refractivity contribution in [3.63, 3.8) is 0 Å². The maximum Gasteiger partial charge on any atom is 0.232 e. The molecule has 1 saturated heterocycles. The minimum atomic E-state index is -0.355. The molecule has 2 atom stereocenters. The van der Waals surface area contributed by atoms with Crippen molar-refractivity contribution in [1.82, 2.24) is 10.3 Å². The van der Waals surface area contributed by atoms with E-state index in [9.17, 15) is 5.26 Å². The van der Waals surface area contributed by atoms with Gasteiger partial charge in [0.2, 0.25) is 5.88 Å². The van der Waals surface area contributed by atoms with Crippen molar-refractivity contribution in [2.45, 2.75) is 12.2 Å². The molecule has 0 aliphatic carbocycles. The number of nitrogens with one attached hydrogen (secondary N) is 1. The number of nitriles is 1. The van der Waals surface area contributed by atoms with E-state index in [0.717, 1.165) is 5.56 Å². The first-order valence-corrected chi connectivity index (χ1v) is 8.23. The zero-order chi connectivity index (χ0) is 16.9. The average molecular weight is 364 g/mol. The van der Waals surface area contributed by atoms with Crippen molar-refractivity contribution in [2.75, 3.05) is 19.7 Å². The SMILES string of the molecule is N#Cc1cccnc1O[C@H]1CNCCOC1c1ccc(Cl)c(Cl)c1. The van der Waals surface area contributed by atoms with Crippen LogP contribution in [-0.2, 0) is 4.74 Å². The number of aromatic nitrogens is 1. The molecule has 1 aromatic carbocycles. The van der Waals surface area contributed by atoms with Crippen molar-refractivity contribution in [3.05, 3.63) is 57.7 Å². The van der Waals surface area contributed by atoms with E-state index in [1.54, 1.807) is 30.5 Å². The molecule has 1 aromatic heterocycles. The molecule has 2 aromatic rings. The Morgan fingerprint density at radius 1 is 1.29 bits per heavy atom. The number of hydrogen-bond acceptors (Lipinski definition) is 5. The number of hydrogen-bond donors (Lipinski definition) is 1. The van der Waals surface area contributed by atoms with Crippen LogP contribution < -0.4 is 10.1 Å². The molecule has 1 fully saturated rings. The zero-order valence-corrected chi connectivity index (χ0v) is 14.2. The third-order valence-electron chi connectivity index (χ3n) is 3.69. The quantitative estimate of drug-likeness (QED) is 0.905. The van der Waals surface area contributed by atoms with E-state index in [0.29, 0.717) is 41.2 Å². The lowest BCUT2D eigenvalue weighted by Crippen LogP contribution is -2.34. The molecule has 1 N–H and O–H groups in total. The summed E-state index contributed by atoms with van der Waals surface area (Å²) < 4.78 is 11.9. The molecule has 1 unspecified atom stereocenters. The Balaban J connectivity index is 1.90. The second-order valence-corrected chi connectivity index (χ2v) is 6.11. The van der Waals surface area contributed by atoms with Gasteiger partial charge in [-0.15, -0.1) is 0 Å². The highest BCUT2D eigenvalue weighted by Crippen LogP contribution is 2.31. The van der Waals surface area contributed by atoms with Crippen molar-refractivity contribution >= 4 is 23.2 Å². The van der Waals surface area contributed by atoms with Crippen molar-refractivity contribution in [1.29, 1.82) is 5.26 Å². The number of benzene rings is 1. The van der Waals surface area contributed by atoms with Crippen LogP contribution in [0.4, 0.5) is 0 Å². The van der Waals surface area contributed by atoms with E-state index in [1.165, 1.54) is 0 Å². The standard InChI is InChI=1S/C17H15Cl2N3O2/c18-13-4-3-11(8-14(13)19)16-15(10-21-6-7-23-16)24-17-12(9-20)2-1-5-22-17/h1-5,8,15-16,21H,6-7,10H2/t15-,16?/m0/s1. The van der Waals surface area contributed by atoms with Gasteiger partial charge in [-0.25, -0.2) is 4.98 Å².